The van der Waals surface area contributed by atoms with E-state index in [1.807, 2.05) is 0 Å². The number of tetrazole rings is 1. The third kappa shape index (κ3) is 1.89. The van der Waals surface area contributed by atoms with Crippen molar-refractivity contribution in [3.63, 3.8) is 0 Å². The Bertz CT molecular complexity index is 419. The van der Waals surface area contributed by atoms with E-state index < -0.39 is 26.5 Å². The smallest absolute Gasteiger partial charge is 0.233 e. The van der Waals surface area contributed by atoms with Crippen LogP contribution < -0.4 is 0 Å². The number of sulfone groups is 1. The van der Waals surface area contributed by atoms with Crippen molar-refractivity contribution in [1.82, 2.24) is 20.2 Å². The van der Waals surface area contributed by atoms with Gasteiger partial charge in [0.25, 0.3) is 5.16 Å². The molecule has 0 aromatic carbocycles. The third-order valence-electron chi connectivity index (χ3n) is 1.50. The highest BCUT2D eigenvalue weighted by molar-refractivity contribution is 7.91. The summed E-state index contributed by atoms with van der Waals surface area (Å²) in [6.45, 7) is 5.17. The monoisotopic (exact) mass is 222 g/mol. The van der Waals surface area contributed by atoms with Gasteiger partial charge in [0, 0.05) is 0 Å². The quantitative estimate of drug-likeness (QED) is 0.710. The number of halogens is 1. The molecule has 0 saturated heterocycles. The third-order valence-corrected chi connectivity index (χ3v) is 2.60. The molecule has 0 atom stereocenters. The second kappa shape index (κ2) is 3.26. The number of rotatable bonds is 2. The summed E-state index contributed by atoms with van der Waals surface area (Å²) in [4.78, 5) is 0. The minimum Gasteiger partial charge on any atom is -0.233 e. The van der Waals surface area contributed by atoms with Crippen molar-refractivity contribution in [3.05, 3.63) is 0 Å². The van der Waals surface area contributed by atoms with E-state index in [2.05, 4.69) is 15.5 Å². The number of nitrogens with zero attached hydrogens (tertiary/aromatic N) is 4. The molecule has 80 valence electrons. The summed E-state index contributed by atoms with van der Waals surface area (Å²) in [5.74, 6) is 0. The van der Waals surface area contributed by atoms with Gasteiger partial charge in [-0.15, -0.1) is 0 Å². The molecule has 0 fully saturated rings. The average Bonchev–Trinajstić information content (AvgIpc) is 2.51. The van der Waals surface area contributed by atoms with Crippen LogP contribution in [0.2, 0.25) is 0 Å². The summed E-state index contributed by atoms with van der Waals surface area (Å²) in [6, 6.07) is -1.50. The molecule has 0 amide bonds. The number of alkyl halides is 1. The molecule has 1 heterocycles. The van der Waals surface area contributed by atoms with E-state index in [9.17, 15) is 12.8 Å². The lowest BCUT2D eigenvalue weighted by molar-refractivity contribution is 0.316. The summed E-state index contributed by atoms with van der Waals surface area (Å²) in [7, 11) is -4.01. The topological polar surface area (TPSA) is 77.7 Å². The average molecular weight is 222 g/mol. The molecular formula is C6H11FN4O2S. The second-order valence-corrected chi connectivity index (χ2v) is 5.58. The Labute approximate surface area is 81.0 Å². The van der Waals surface area contributed by atoms with Crippen LogP contribution in [0.25, 0.3) is 0 Å². The molecule has 14 heavy (non-hydrogen) atoms. The molecule has 0 aliphatic rings. The Kier molecular flexibility index (Phi) is 2.57. The Morgan fingerprint density at radius 2 is 2.00 bits per heavy atom. The SMILES string of the molecule is CC(C)(C)n1nnnc1S(=O)(=O)CF. The lowest BCUT2D eigenvalue weighted by Gasteiger charge is -2.18. The van der Waals surface area contributed by atoms with Crippen LogP contribution in [0.4, 0.5) is 4.39 Å². The van der Waals surface area contributed by atoms with Crippen LogP contribution in [0.15, 0.2) is 5.16 Å². The number of aromatic nitrogens is 4. The molecule has 0 bridgehead atoms. The van der Waals surface area contributed by atoms with E-state index in [0.717, 1.165) is 4.68 Å². The van der Waals surface area contributed by atoms with Gasteiger partial charge in [-0.1, -0.05) is 5.10 Å². The first-order valence-corrected chi connectivity index (χ1v) is 5.52. The van der Waals surface area contributed by atoms with Gasteiger partial charge in [-0.2, -0.15) is 0 Å². The standard InChI is InChI=1S/C6H11FN4O2S/c1-6(2,3)11-5(8-9-10-11)14(12,13)4-7/h4H2,1-3H3. The lowest BCUT2D eigenvalue weighted by Crippen LogP contribution is -2.27. The predicted octanol–water partition coefficient (Wildman–Crippen LogP) is 0.129. The molecule has 0 spiro atoms. The molecule has 1 aromatic rings. The highest BCUT2D eigenvalue weighted by Gasteiger charge is 2.28. The maximum atomic E-state index is 12.2. The minimum atomic E-state index is -4.01. The van der Waals surface area contributed by atoms with Gasteiger partial charge in [-0.25, -0.2) is 17.5 Å². The summed E-state index contributed by atoms with van der Waals surface area (Å²) in [5.41, 5.74) is -0.596. The van der Waals surface area contributed by atoms with Crippen molar-refractivity contribution in [3.8, 4) is 0 Å². The zero-order valence-corrected chi connectivity index (χ0v) is 8.92. The molecular weight excluding hydrogens is 211 g/mol. The number of hydrogen-bond donors (Lipinski definition) is 0. The largest absolute Gasteiger partial charge is 0.270 e. The van der Waals surface area contributed by atoms with Crippen LogP contribution in [-0.2, 0) is 15.4 Å². The molecule has 0 saturated carbocycles. The van der Waals surface area contributed by atoms with Crippen molar-refractivity contribution in [2.45, 2.75) is 31.5 Å². The zero-order chi connectivity index (χ0) is 11.0. The Balaban J connectivity index is 3.33. The van der Waals surface area contributed by atoms with Crippen LogP contribution >= 0.6 is 0 Å². The molecule has 0 unspecified atom stereocenters. The molecule has 1 aromatic heterocycles. The van der Waals surface area contributed by atoms with Crippen molar-refractivity contribution >= 4 is 9.84 Å². The van der Waals surface area contributed by atoms with Crippen molar-refractivity contribution in [2.75, 3.05) is 6.01 Å². The summed E-state index contributed by atoms with van der Waals surface area (Å²) in [6.07, 6.45) is 0. The van der Waals surface area contributed by atoms with Crippen molar-refractivity contribution < 1.29 is 12.8 Å². The van der Waals surface area contributed by atoms with Gasteiger partial charge < -0.3 is 0 Å². The first-order chi connectivity index (χ1) is 6.29. The minimum absolute atomic E-state index is 0.437. The highest BCUT2D eigenvalue weighted by atomic mass is 32.2. The van der Waals surface area contributed by atoms with Crippen LogP contribution in [0.1, 0.15) is 20.8 Å². The predicted molar refractivity (Wildman–Crippen MR) is 46.0 cm³/mol. The van der Waals surface area contributed by atoms with Gasteiger partial charge in [-0.05, 0) is 31.2 Å². The van der Waals surface area contributed by atoms with E-state index in [1.165, 1.54) is 0 Å². The fourth-order valence-electron chi connectivity index (χ4n) is 0.843. The fourth-order valence-corrected chi connectivity index (χ4v) is 1.68. The second-order valence-electron chi connectivity index (χ2n) is 3.77. The van der Waals surface area contributed by atoms with E-state index in [0.29, 0.717) is 0 Å². The fraction of sp³-hybridized carbons (Fsp3) is 0.833. The Morgan fingerprint density at radius 3 is 2.43 bits per heavy atom. The molecule has 0 radical (unpaired) electrons. The van der Waals surface area contributed by atoms with E-state index in [-0.39, 0.29) is 0 Å². The van der Waals surface area contributed by atoms with E-state index >= 15 is 0 Å². The molecule has 0 N–H and O–H groups in total. The van der Waals surface area contributed by atoms with Crippen LogP contribution in [0, 0.1) is 0 Å². The van der Waals surface area contributed by atoms with Gasteiger partial charge in [-0.3, -0.25) is 0 Å². The van der Waals surface area contributed by atoms with Crippen LogP contribution in [0.5, 0.6) is 0 Å². The van der Waals surface area contributed by atoms with Crippen LogP contribution in [-0.4, -0.2) is 34.6 Å². The van der Waals surface area contributed by atoms with Crippen LogP contribution in [0.3, 0.4) is 0 Å². The zero-order valence-electron chi connectivity index (χ0n) is 8.10. The summed E-state index contributed by atoms with van der Waals surface area (Å²) < 4.78 is 35.7. The van der Waals surface area contributed by atoms with Gasteiger partial charge >= 0.3 is 0 Å². The first-order valence-electron chi connectivity index (χ1n) is 3.86. The van der Waals surface area contributed by atoms with E-state index in [1.54, 1.807) is 20.8 Å². The first kappa shape index (κ1) is 11.0. The Morgan fingerprint density at radius 1 is 1.43 bits per heavy atom. The lowest BCUT2D eigenvalue weighted by atomic mass is 10.1. The normalized spacial score (nSPS) is 13.1. The molecule has 0 aliphatic carbocycles. The van der Waals surface area contributed by atoms with Crippen molar-refractivity contribution in [2.24, 2.45) is 0 Å². The van der Waals surface area contributed by atoms with Gasteiger partial charge in [0.2, 0.25) is 9.84 Å². The maximum Gasteiger partial charge on any atom is 0.270 e. The molecule has 6 nitrogen and oxygen atoms in total. The van der Waals surface area contributed by atoms with Gasteiger partial charge in [0.15, 0.2) is 6.01 Å². The van der Waals surface area contributed by atoms with Gasteiger partial charge in [0.05, 0.1) is 5.54 Å². The number of hydrogen-bond acceptors (Lipinski definition) is 5. The van der Waals surface area contributed by atoms with Crippen molar-refractivity contribution in [1.29, 1.82) is 0 Å². The van der Waals surface area contributed by atoms with Gasteiger partial charge in [0.1, 0.15) is 0 Å². The Hall–Kier alpha value is -1.05. The molecule has 0 aliphatic heterocycles. The maximum absolute atomic E-state index is 12.2. The highest BCUT2D eigenvalue weighted by Crippen LogP contribution is 2.17. The van der Waals surface area contributed by atoms with E-state index in [4.69, 9.17) is 0 Å². The summed E-state index contributed by atoms with van der Waals surface area (Å²) in [5, 5.41) is 9.59. The molecule has 8 heteroatoms. The molecule has 1 rings (SSSR count). The summed E-state index contributed by atoms with van der Waals surface area (Å²) >= 11 is 0.